The third-order valence-corrected chi connectivity index (χ3v) is 5.15. The van der Waals surface area contributed by atoms with Crippen LogP contribution in [0.4, 0.5) is 0 Å². The normalized spacial score (nSPS) is 31.7. The lowest BCUT2D eigenvalue weighted by Crippen LogP contribution is -2.46. The average molecular weight is 252 g/mol. The Balaban J connectivity index is 1.77. The van der Waals surface area contributed by atoms with Crippen LogP contribution in [0.5, 0.6) is 0 Å². The van der Waals surface area contributed by atoms with Crippen molar-refractivity contribution in [2.45, 2.75) is 64.8 Å². The Morgan fingerprint density at radius 1 is 1.00 bits per heavy atom. The first-order chi connectivity index (χ1) is 8.83. The minimum Gasteiger partial charge on any atom is -0.314 e. The fourth-order valence-electron chi connectivity index (χ4n) is 3.87. The number of piperidine rings is 1. The van der Waals surface area contributed by atoms with E-state index in [9.17, 15) is 0 Å². The molecule has 1 aliphatic carbocycles. The van der Waals surface area contributed by atoms with E-state index in [1.54, 1.807) is 0 Å². The van der Waals surface area contributed by atoms with Crippen LogP contribution in [0.25, 0.3) is 0 Å². The third kappa shape index (κ3) is 3.96. The zero-order chi connectivity index (χ0) is 12.8. The van der Waals surface area contributed by atoms with E-state index in [-0.39, 0.29) is 0 Å². The molecule has 2 atom stereocenters. The summed E-state index contributed by atoms with van der Waals surface area (Å²) in [6, 6.07) is 0.799. The fraction of sp³-hybridized carbons (Fsp3) is 1.00. The third-order valence-electron chi connectivity index (χ3n) is 5.15. The highest BCUT2D eigenvalue weighted by Crippen LogP contribution is 2.27. The molecule has 0 radical (unpaired) electrons. The van der Waals surface area contributed by atoms with Crippen molar-refractivity contribution in [3.8, 4) is 0 Å². The maximum absolute atomic E-state index is 3.72. The van der Waals surface area contributed by atoms with Crippen molar-refractivity contribution in [3.63, 3.8) is 0 Å². The molecule has 0 aromatic carbocycles. The average Bonchev–Trinajstić information content (AvgIpc) is 2.42. The number of rotatable bonds is 5. The van der Waals surface area contributed by atoms with Gasteiger partial charge in [-0.3, -0.25) is 0 Å². The lowest BCUT2D eigenvalue weighted by Gasteiger charge is -2.38. The summed E-state index contributed by atoms with van der Waals surface area (Å²) in [6.45, 7) is 9.80. The zero-order valence-corrected chi connectivity index (χ0v) is 12.5. The molecular formula is C16H32N2. The Morgan fingerprint density at radius 2 is 1.72 bits per heavy atom. The summed E-state index contributed by atoms with van der Waals surface area (Å²) in [4.78, 5) is 2.74. The van der Waals surface area contributed by atoms with Gasteiger partial charge in [-0.25, -0.2) is 0 Å². The van der Waals surface area contributed by atoms with Gasteiger partial charge in [0.2, 0.25) is 0 Å². The van der Waals surface area contributed by atoms with Crippen LogP contribution in [0.3, 0.4) is 0 Å². The molecule has 0 aromatic rings. The summed E-state index contributed by atoms with van der Waals surface area (Å²) < 4.78 is 0. The Kier molecular flexibility index (Phi) is 5.97. The molecule has 106 valence electrons. The van der Waals surface area contributed by atoms with Gasteiger partial charge in [0.05, 0.1) is 0 Å². The van der Waals surface area contributed by atoms with Crippen LogP contribution >= 0.6 is 0 Å². The lowest BCUT2D eigenvalue weighted by atomic mass is 9.83. The molecule has 2 nitrogen and oxygen atoms in total. The molecule has 1 aliphatic heterocycles. The maximum atomic E-state index is 3.72. The second-order valence-corrected chi connectivity index (χ2v) is 6.36. The first-order valence-electron chi connectivity index (χ1n) is 8.29. The summed E-state index contributed by atoms with van der Waals surface area (Å²) in [5.74, 6) is 1.93. The van der Waals surface area contributed by atoms with Crippen LogP contribution in [-0.2, 0) is 0 Å². The smallest absolute Gasteiger partial charge is 0.0107 e. The van der Waals surface area contributed by atoms with E-state index in [0.29, 0.717) is 0 Å². The number of nitrogens with zero attached hydrogens (tertiary/aromatic N) is 1. The molecule has 2 fully saturated rings. The molecule has 1 N–H and O–H groups in total. The van der Waals surface area contributed by atoms with Crippen LogP contribution in [-0.4, -0.2) is 37.1 Å². The van der Waals surface area contributed by atoms with Gasteiger partial charge in [-0.1, -0.05) is 33.1 Å². The van der Waals surface area contributed by atoms with E-state index < -0.39 is 0 Å². The Bertz CT molecular complexity index is 219. The van der Waals surface area contributed by atoms with Crippen molar-refractivity contribution in [1.29, 1.82) is 0 Å². The van der Waals surface area contributed by atoms with Gasteiger partial charge in [0.25, 0.3) is 0 Å². The molecule has 0 amide bonds. The summed E-state index contributed by atoms with van der Waals surface area (Å²) in [7, 11) is 0. The van der Waals surface area contributed by atoms with Gasteiger partial charge in [0.1, 0.15) is 0 Å². The quantitative estimate of drug-likeness (QED) is 0.808. The Labute approximate surface area is 114 Å². The molecule has 18 heavy (non-hydrogen) atoms. The number of likely N-dealkylation sites (tertiary alicyclic amines) is 1. The summed E-state index contributed by atoms with van der Waals surface area (Å²) in [6.07, 6.45) is 10.0. The predicted molar refractivity (Wildman–Crippen MR) is 78.9 cm³/mol. The topological polar surface area (TPSA) is 15.3 Å². The number of hydrogen-bond donors (Lipinski definition) is 1. The lowest BCUT2D eigenvalue weighted by molar-refractivity contribution is 0.127. The summed E-state index contributed by atoms with van der Waals surface area (Å²) in [5, 5.41) is 3.72. The van der Waals surface area contributed by atoms with Crippen LogP contribution < -0.4 is 5.32 Å². The molecule has 2 unspecified atom stereocenters. The molecule has 2 aliphatic rings. The SMILES string of the molecule is CCNC1CCCCC1CN1CCC(CC)CC1. The van der Waals surface area contributed by atoms with E-state index in [0.717, 1.165) is 24.4 Å². The van der Waals surface area contributed by atoms with Crippen LogP contribution in [0.2, 0.25) is 0 Å². The Hall–Kier alpha value is -0.0800. The van der Waals surface area contributed by atoms with E-state index in [1.165, 1.54) is 64.6 Å². The van der Waals surface area contributed by atoms with Crippen molar-refractivity contribution in [2.24, 2.45) is 11.8 Å². The van der Waals surface area contributed by atoms with Gasteiger partial charge in [-0.15, -0.1) is 0 Å². The molecule has 2 heteroatoms. The standard InChI is InChI=1S/C16H32N2/c1-3-14-9-11-18(12-10-14)13-15-7-5-6-8-16(15)17-4-2/h14-17H,3-13H2,1-2H3. The van der Waals surface area contributed by atoms with E-state index in [2.05, 4.69) is 24.1 Å². The van der Waals surface area contributed by atoms with Crippen molar-refractivity contribution >= 4 is 0 Å². The molecule has 1 saturated carbocycles. The minimum absolute atomic E-state index is 0.799. The maximum Gasteiger partial charge on any atom is 0.0107 e. The second kappa shape index (κ2) is 7.49. The van der Waals surface area contributed by atoms with Gasteiger partial charge >= 0.3 is 0 Å². The van der Waals surface area contributed by atoms with Gasteiger partial charge in [-0.2, -0.15) is 0 Å². The van der Waals surface area contributed by atoms with Gasteiger partial charge in [0.15, 0.2) is 0 Å². The molecule has 0 aromatic heterocycles. The highest BCUT2D eigenvalue weighted by Gasteiger charge is 2.27. The molecule has 0 bridgehead atoms. The summed E-state index contributed by atoms with van der Waals surface area (Å²) >= 11 is 0. The number of nitrogens with one attached hydrogen (secondary N) is 1. The van der Waals surface area contributed by atoms with E-state index >= 15 is 0 Å². The van der Waals surface area contributed by atoms with Gasteiger partial charge < -0.3 is 10.2 Å². The van der Waals surface area contributed by atoms with Crippen molar-refractivity contribution in [1.82, 2.24) is 10.2 Å². The van der Waals surface area contributed by atoms with Crippen molar-refractivity contribution in [2.75, 3.05) is 26.2 Å². The van der Waals surface area contributed by atoms with E-state index in [4.69, 9.17) is 0 Å². The van der Waals surface area contributed by atoms with Crippen LogP contribution in [0, 0.1) is 11.8 Å². The minimum atomic E-state index is 0.799. The second-order valence-electron chi connectivity index (χ2n) is 6.36. The molecule has 1 heterocycles. The zero-order valence-electron chi connectivity index (χ0n) is 12.5. The fourth-order valence-corrected chi connectivity index (χ4v) is 3.87. The largest absolute Gasteiger partial charge is 0.314 e. The van der Waals surface area contributed by atoms with Crippen molar-refractivity contribution < 1.29 is 0 Å². The monoisotopic (exact) mass is 252 g/mol. The molecule has 2 rings (SSSR count). The first kappa shape index (κ1) is 14.3. The van der Waals surface area contributed by atoms with Gasteiger partial charge in [0, 0.05) is 12.6 Å². The molecular weight excluding hydrogens is 220 g/mol. The number of hydrogen-bond acceptors (Lipinski definition) is 2. The highest BCUT2D eigenvalue weighted by atomic mass is 15.1. The highest BCUT2D eigenvalue weighted by molar-refractivity contribution is 4.84. The summed E-state index contributed by atoms with van der Waals surface area (Å²) in [5.41, 5.74) is 0. The van der Waals surface area contributed by atoms with Crippen molar-refractivity contribution in [3.05, 3.63) is 0 Å². The first-order valence-corrected chi connectivity index (χ1v) is 8.29. The van der Waals surface area contributed by atoms with E-state index in [1.807, 2.05) is 0 Å². The van der Waals surface area contributed by atoms with Crippen LogP contribution in [0.1, 0.15) is 58.8 Å². The Morgan fingerprint density at radius 3 is 2.39 bits per heavy atom. The van der Waals surface area contributed by atoms with Gasteiger partial charge in [-0.05, 0) is 57.2 Å². The molecule has 0 spiro atoms. The van der Waals surface area contributed by atoms with Crippen LogP contribution in [0.15, 0.2) is 0 Å². The molecule has 1 saturated heterocycles. The predicted octanol–water partition coefficient (Wildman–Crippen LogP) is 3.28.